The van der Waals surface area contributed by atoms with Gasteiger partial charge in [-0.1, -0.05) is 12.1 Å². The van der Waals surface area contributed by atoms with Crippen LogP contribution in [-0.2, 0) is 9.59 Å². The fourth-order valence-electron chi connectivity index (χ4n) is 1.20. The molecule has 0 heterocycles. The topological polar surface area (TPSA) is 61.4 Å². The number of nitrogens with zero attached hydrogens (tertiary/aromatic N) is 1. The van der Waals surface area contributed by atoms with Crippen molar-refractivity contribution in [1.29, 1.82) is 0 Å². The summed E-state index contributed by atoms with van der Waals surface area (Å²) in [6.45, 7) is 0.247. The minimum Gasteiger partial charge on any atom is -0.348 e. The second-order valence-electron chi connectivity index (χ2n) is 3.92. The highest BCUT2D eigenvalue weighted by atomic mass is 79.9. The van der Waals surface area contributed by atoms with Gasteiger partial charge in [-0.3, -0.25) is 14.9 Å². The Bertz CT molecular complexity index is 435. The fraction of sp³-hybridized carbons (Fsp3) is 0.333. The number of amides is 2. The van der Waals surface area contributed by atoms with E-state index in [1.807, 2.05) is 18.2 Å². The predicted octanol–water partition coefficient (Wildman–Crippen LogP) is 1.07. The molecule has 0 aromatic heterocycles. The molecule has 0 radical (unpaired) electrons. The van der Waals surface area contributed by atoms with E-state index in [4.69, 9.17) is 0 Å². The number of likely N-dealkylation sites (N-methyl/N-ethyl adjacent to an activating group) is 1. The van der Waals surface area contributed by atoms with Crippen molar-refractivity contribution in [2.45, 2.75) is 0 Å². The summed E-state index contributed by atoms with van der Waals surface area (Å²) in [4.78, 5) is 24.3. The van der Waals surface area contributed by atoms with Crippen LogP contribution in [0.4, 0.5) is 5.69 Å². The van der Waals surface area contributed by atoms with Crippen molar-refractivity contribution in [1.82, 2.24) is 10.2 Å². The number of hydrogen-bond donors (Lipinski definition) is 2. The summed E-state index contributed by atoms with van der Waals surface area (Å²) in [5, 5.41) is 5.53. The molecule has 0 bridgehead atoms. The Balaban J connectivity index is 2.35. The monoisotopic (exact) mass is 313 g/mol. The molecule has 0 aliphatic carbocycles. The first-order chi connectivity index (χ1) is 8.50. The van der Waals surface area contributed by atoms with E-state index in [2.05, 4.69) is 26.6 Å². The Kier molecular flexibility index (Phi) is 5.80. The smallest absolute Gasteiger partial charge is 0.238 e. The van der Waals surface area contributed by atoms with E-state index in [-0.39, 0.29) is 24.9 Å². The Morgan fingerprint density at radius 3 is 2.50 bits per heavy atom. The SMILES string of the molecule is CN(C)C(=O)CNCC(=O)Nc1ccccc1Br. The molecule has 1 aromatic rings. The molecule has 0 aliphatic heterocycles. The molecule has 0 spiro atoms. The van der Waals surface area contributed by atoms with E-state index in [9.17, 15) is 9.59 Å². The molecule has 18 heavy (non-hydrogen) atoms. The first kappa shape index (κ1) is 14.7. The maximum absolute atomic E-state index is 11.6. The zero-order valence-corrected chi connectivity index (χ0v) is 12.0. The third-order valence-corrected chi connectivity index (χ3v) is 2.90. The molecular formula is C12H16BrN3O2. The zero-order valence-electron chi connectivity index (χ0n) is 10.4. The maximum atomic E-state index is 11.6. The van der Waals surface area contributed by atoms with Gasteiger partial charge in [0, 0.05) is 18.6 Å². The van der Waals surface area contributed by atoms with Crippen LogP contribution in [0.3, 0.4) is 0 Å². The van der Waals surface area contributed by atoms with Crippen LogP contribution >= 0.6 is 15.9 Å². The summed E-state index contributed by atoms with van der Waals surface area (Å²) in [7, 11) is 3.34. The van der Waals surface area contributed by atoms with Crippen molar-refractivity contribution < 1.29 is 9.59 Å². The molecule has 0 saturated heterocycles. The molecule has 98 valence electrons. The molecular weight excluding hydrogens is 298 g/mol. The lowest BCUT2D eigenvalue weighted by Crippen LogP contribution is -2.37. The quantitative estimate of drug-likeness (QED) is 0.854. The minimum absolute atomic E-state index is 0.0660. The molecule has 0 fully saturated rings. The number of rotatable bonds is 5. The van der Waals surface area contributed by atoms with Gasteiger partial charge in [-0.15, -0.1) is 0 Å². The number of hydrogen-bond acceptors (Lipinski definition) is 3. The van der Waals surface area contributed by atoms with E-state index in [1.165, 1.54) is 4.90 Å². The van der Waals surface area contributed by atoms with Gasteiger partial charge >= 0.3 is 0 Å². The van der Waals surface area contributed by atoms with E-state index in [1.54, 1.807) is 20.2 Å². The summed E-state index contributed by atoms with van der Waals surface area (Å²) < 4.78 is 0.822. The molecule has 0 atom stereocenters. The van der Waals surface area contributed by atoms with Crippen molar-refractivity contribution in [2.75, 3.05) is 32.5 Å². The number of halogens is 1. The summed E-state index contributed by atoms with van der Waals surface area (Å²) in [5.41, 5.74) is 0.711. The predicted molar refractivity (Wildman–Crippen MR) is 74.3 cm³/mol. The van der Waals surface area contributed by atoms with Crippen molar-refractivity contribution >= 4 is 33.4 Å². The minimum atomic E-state index is -0.187. The Morgan fingerprint density at radius 1 is 1.22 bits per heavy atom. The van der Waals surface area contributed by atoms with Gasteiger partial charge in [0.2, 0.25) is 11.8 Å². The Morgan fingerprint density at radius 2 is 1.89 bits per heavy atom. The highest BCUT2D eigenvalue weighted by Crippen LogP contribution is 2.20. The second-order valence-corrected chi connectivity index (χ2v) is 4.77. The van der Waals surface area contributed by atoms with E-state index < -0.39 is 0 Å². The van der Waals surface area contributed by atoms with Crippen LogP contribution in [0, 0.1) is 0 Å². The molecule has 2 amide bonds. The van der Waals surface area contributed by atoms with Gasteiger partial charge in [0.25, 0.3) is 0 Å². The third kappa shape index (κ3) is 4.85. The molecule has 0 aliphatic rings. The molecule has 2 N–H and O–H groups in total. The number of carbonyl (C=O) groups is 2. The van der Waals surface area contributed by atoms with Gasteiger partial charge in [-0.2, -0.15) is 0 Å². The van der Waals surface area contributed by atoms with E-state index >= 15 is 0 Å². The number of anilines is 1. The number of para-hydroxylation sites is 1. The highest BCUT2D eigenvalue weighted by molar-refractivity contribution is 9.10. The second kappa shape index (κ2) is 7.13. The average molecular weight is 314 g/mol. The normalized spacial score (nSPS) is 9.94. The third-order valence-electron chi connectivity index (χ3n) is 2.21. The van der Waals surface area contributed by atoms with Crippen LogP contribution in [0.2, 0.25) is 0 Å². The maximum Gasteiger partial charge on any atom is 0.238 e. The zero-order chi connectivity index (χ0) is 13.5. The van der Waals surface area contributed by atoms with Crippen LogP contribution in [0.15, 0.2) is 28.7 Å². The van der Waals surface area contributed by atoms with Crippen LogP contribution in [-0.4, -0.2) is 43.9 Å². The summed E-state index contributed by atoms with van der Waals surface area (Å²) in [6, 6.07) is 7.35. The van der Waals surface area contributed by atoms with Crippen LogP contribution in [0.25, 0.3) is 0 Å². The van der Waals surface area contributed by atoms with Gasteiger partial charge in [-0.05, 0) is 28.1 Å². The molecule has 0 unspecified atom stereocenters. The lowest BCUT2D eigenvalue weighted by atomic mass is 10.3. The highest BCUT2D eigenvalue weighted by Gasteiger charge is 2.07. The standard InChI is InChI=1S/C12H16BrN3O2/c1-16(2)12(18)8-14-7-11(17)15-10-6-4-3-5-9(10)13/h3-6,14H,7-8H2,1-2H3,(H,15,17). The molecule has 6 heteroatoms. The van der Waals surface area contributed by atoms with Crippen LogP contribution in [0.1, 0.15) is 0 Å². The van der Waals surface area contributed by atoms with Crippen LogP contribution < -0.4 is 10.6 Å². The van der Waals surface area contributed by atoms with Gasteiger partial charge in [0.05, 0.1) is 18.8 Å². The number of nitrogens with one attached hydrogen (secondary N) is 2. The molecule has 1 aromatic carbocycles. The van der Waals surface area contributed by atoms with E-state index in [0.29, 0.717) is 5.69 Å². The lowest BCUT2D eigenvalue weighted by Gasteiger charge is -2.11. The molecule has 0 saturated carbocycles. The molecule has 5 nitrogen and oxygen atoms in total. The van der Waals surface area contributed by atoms with Gasteiger partial charge < -0.3 is 10.2 Å². The van der Waals surface area contributed by atoms with E-state index in [0.717, 1.165) is 4.47 Å². The largest absolute Gasteiger partial charge is 0.348 e. The Labute approximate surface area is 115 Å². The summed E-state index contributed by atoms with van der Waals surface area (Å²) in [6.07, 6.45) is 0. The number of carbonyl (C=O) groups excluding carboxylic acids is 2. The molecule has 1 rings (SSSR count). The lowest BCUT2D eigenvalue weighted by molar-refractivity contribution is -0.127. The van der Waals surface area contributed by atoms with Crippen molar-refractivity contribution in [3.8, 4) is 0 Å². The summed E-state index contributed by atoms with van der Waals surface area (Å²) >= 11 is 3.34. The summed E-state index contributed by atoms with van der Waals surface area (Å²) in [5.74, 6) is -0.253. The first-order valence-corrected chi connectivity index (χ1v) is 6.25. The Hall–Kier alpha value is -1.40. The van der Waals surface area contributed by atoms with Crippen molar-refractivity contribution in [3.05, 3.63) is 28.7 Å². The first-order valence-electron chi connectivity index (χ1n) is 5.46. The average Bonchev–Trinajstić information content (AvgIpc) is 2.32. The van der Waals surface area contributed by atoms with Gasteiger partial charge in [0.1, 0.15) is 0 Å². The van der Waals surface area contributed by atoms with Crippen LogP contribution in [0.5, 0.6) is 0 Å². The number of benzene rings is 1. The van der Waals surface area contributed by atoms with Crippen molar-refractivity contribution in [3.63, 3.8) is 0 Å². The van der Waals surface area contributed by atoms with Gasteiger partial charge in [0.15, 0.2) is 0 Å². The fourth-order valence-corrected chi connectivity index (χ4v) is 1.58. The van der Waals surface area contributed by atoms with Gasteiger partial charge in [-0.25, -0.2) is 0 Å². The van der Waals surface area contributed by atoms with Crippen molar-refractivity contribution in [2.24, 2.45) is 0 Å².